The highest BCUT2D eigenvalue weighted by molar-refractivity contribution is 5.89. The number of aromatic nitrogens is 2. The van der Waals surface area contributed by atoms with Gasteiger partial charge in [0, 0.05) is 37.9 Å². The van der Waals surface area contributed by atoms with E-state index in [1.54, 1.807) is 31.0 Å². The van der Waals surface area contributed by atoms with Gasteiger partial charge in [0.05, 0.1) is 23.9 Å². The molecule has 218 valence electrons. The molecule has 12 nitrogen and oxygen atoms in total. The van der Waals surface area contributed by atoms with Crippen LogP contribution in [0.25, 0.3) is 5.69 Å². The van der Waals surface area contributed by atoms with Crippen molar-refractivity contribution in [2.75, 3.05) is 31.5 Å². The van der Waals surface area contributed by atoms with E-state index in [0.717, 1.165) is 38.8 Å². The molecule has 1 aliphatic carbocycles. The number of nitrogens with one attached hydrogen (secondary N) is 1. The van der Waals surface area contributed by atoms with Crippen molar-refractivity contribution in [1.29, 1.82) is 0 Å². The number of rotatable bonds is 7. The van der Waals surface area contributed by atoms with E-state index < -0.39 is 23.4 Å². The van der Waals surface area contributed by atoms with Crippen LogP contribution in [0.4, 0.5) is 10.6 Å². The van der Waals surface area contributed by atoms with Gasteiger partial charge in [0.1, 0.15) is 5.82 Å². The maximum Gasteiger partial charge on any atom is 0.354 e. The Hall–Kier alpha value is -3.32. The van der Waals surface area contributed by atoms with Crippen LogP contribution < -0.4 is 28.2 Å². The summed E-state index contributed by atoms with van der Waals surface area (Å²) in [6.07, 6.45) is 5.28. The fourth-order valence-electron chi connectivity index (χ4n) is 5.47. The Labute approximate surface area is 235 Å². The first kappa shape index (κ1) is 29.7. The fraction of sp³-hybridized carbons (Fsp3) is 0.571. The van der Waals surface area contributed by atoms with Crippen molar-refractivity contribution in [2.24, 2.45) is 17.2 Å². The highest BCUT2D eigenvalue weighted by Gasteiger charge is 2.35. The van der Waals surface area contributed by atoms with Gasteiger partial charge in [-0.3, -0.25) is 19.6 Å². The highest BCUT2D eigenvalue weighted by Crippen LogP contribution is 2.24. The van der Waals surface area contributed by atoms with Crippen LogP contribution in [0.2, 0.25) is 0 Å². The zero-order chi connectivity index (χ0) is 29.0. The molecule has 1 saturated heterocycles. The lowest BCUT2D eigenvalue weighted by Crippen LogP contribution is -2.64. The molecule has 2 heterocycles. The number of amides is 3. The molecule has 3 amide bonds. The summed E-state index contributed by atoms with van der Waals surface area (Å²) >= 11 is 0. The summed E-state index contributed by atoms with van der Waals surface area (Å²) in [7, 11) is 0. The Morgan fingerprint density at radius 2 is 1.75 bits per heavy atom. The first-order chi connectivity index (χ1) is 19.0. The molecular weight excluding hydrogens is 510 g/mol. The van der Waals surface area contributed by atoms with Crippen molar-refractivity contribution in [1.82, 2.24) is 24.3 Å². The van der Waals surface area contributed by atoms with Crippen LogP contribution in [0.5, 0.6) is 0 Å². The molecule has 40 heavy (non-hydrogen) atoms. The molecule has 2 aromatic rings. The number of carbonyl (C=O) groups excluding carboxylic acids is 2. The van der Waals surface area contributed by atoms with E-state index in [1.807, 2.05) is 24.3 Å². The van der Waals surface area contributed by atoms with Crippen LogP contribution in [-0.2, 0) is 11.3 Å². The van der Waals surface area contributed by atoms with Crippen molar-refractivity contribution in [3.8, 4) is 5.69 Å². The third-order valence-corrected chi connectivity index (χ3v) is 7.82. The second kappa shape index (κ2) is 12.5. The van der Waals surface area contributed by atoms with E-state index in [4.69, 9.17) is 17.2 Å². The van der Waals surface area contributed by atoms with Gasteiger partial charge in [-0.1, -0.05) is 19.1 Å². The molecule has 0 radical (unpaired) electrons. The molecule has 1 aliphatic heterocycles. The number of nitrogens with zero attached hydrogens (tertiary/aromatic N) is 5. The van der Waals surface area contributed by atoms with Crippen molar-refractivity contribution < 1.29 is 9.59 Å². The number of nitrogens with two attached hydrogens (primary N) is 3. The number of carbonyl (C=O) groups is 2. The molecule has 2 fully saturated rings. The number of hydrogen-bond donors (Lipinski definition) is 4. The molecule has 1 saturated carbocycles. The SMILES string of the molecule is CCN(Cc1ccc(-n2ccc(NC(=O)N3CCN(C(=O)C(C)(C)N)C[C@H]3N)nc2=O)cc1)[C@H]1CC[C@H](N)CC1. The average molecular weight is 554 g/mol. The van der Waals surface area contributed by atoms with Crippen LogP contribution >= 0.6 is 0 Å². The summed E-state index contributed by atoms with van der Waals surface area (Å²) in [4.78, 5) is 47.6. The molecule has 0 spiro atoms. The monoisotopic (exact) mass is 553 g/mol. The molecule has 1 aromatic carbocycles. The second-order valence-corrected chi connectivity index (χ2v) is 11.4. The quantitative estimate of drug-likeness (QED) is 0.394. The zero-order valence-corrected chi connectivity index (χ0v) is 23.8. The van der Waals surface area contributed by atoms with E-state index in [1.165, 1.54) is 15.0 Å². The number of piperazine rings is 1. The number of anilines is 1. The molecule has 12 heteroatoms. The van der Waals surface area contributed by atoms with Crippen LogP contribution in [0, 0.1) is 0 Å². The molecule has 7 N–H and O–H groups in total. The van der Waals surface area contributed by atoms with E-state index in [-0.39, 0.29) is 24.8 Å². The fourth-order valence-corrected chi connectivity index (χ4v) is 5.47. The Kier molecular flexibility index (Phi) is 9.24. The lowest BCUT2D eigenvalue weighted by molar-refractivity contribution is -0.138. The van der Waals surface area contributed by atoms with E-state index in [0.29, 0.717) is 24.3 Å². The van der Waals surface area contributed by atoms with E-state index >= 15 is 0 Å². The smallest absolute Gasteiger partial charge is 0.336 e. The first-order valence-electron chi connectivity index (χ1n) is 14.1. The standard InChI is InChI=1S/C28H43N9O3/c1-4-34(21-11-7-20(29)8-12-21)17-19-5-9-22(10-6-19)36-14-13-24(32-26(36)39)33-27(40)37-16-15-35(18-23(37)30)25(38)28(2,3)31/h5-6,9-10,13-14,20-21,23H,4,7-8,11-12,15-18,29-31H2,1-3H3,(H,32,33,39,40)/t20-,21-,23-/m0/s1. The topological polar surface area (TPSA) is 169 Å². The summed E-state index contributed by atoms with van der Waals surface area (Å²) in [6.45, 7) is 8.01. The zero-order valence-electron chi connectivity index (χ0n) is 23.8. The maximum atomic E-state index is 12.8. The van der Waals surface area contributed by atoms with Crippen LogP contribution in [-0.4, -0.2) is 86.2 Å². The van der Waals surface area contributed by atoms with Gasteiger partial charge in [-0.05, 0) is 69.8 Å². The molecule has 4 rings (SSSR count). The summed E-state index contributed by atoms with van der Waals surface area (Å²) in [5.41, 5.74) is 18.5. The lowest BCUT2D eigenvalue weighted by Gasteiger charge is -2.41. The molecule has 1 atom stereocenters. The van der Waals surface area contributed by atoms with Crippen molar-refractivity contribution in [2.45, 2.75) is 76.8 Å². The highest BCUT2D eigenvalue weighted by atomic mass is 16.2. The summed E-state index contributed by atoms with van der Waals surface area (Å²) in [5, 5.41) is 2.65. The van der Waals surface area contributed by atoms with Gasteiger partial charge < -0.3 is 27.0 Å². The van der Waals surface area contributed by atoms with Gasteiger partial charge in [0.2, 0.25) is 5.91 Å². The number of benzene rings is 1. The van der Waals surface area contributed by atoms with Gasteiger partial charge in [-0.15, -0.1) is 0 Å². The Bertz CT molecular complexity index is 1230. The maximum absolute atomic E-state index is 12.8. The van der Waals surface area contributed by atoms with Gasteiger partial charge in [-0.25, -0.2) is 9.59 Å². The summed E-state index contributed by atoms with van der Waals surface area (Å²) in [5.74, 6) is -0.0964. The van der Waals surface area contributed by atoms with Gasteiger partial charge in [0.15, 0.2) is 0 Å². The van der Waals surface area contributed by atoms with Crippen LogP contribution in [0.3, 0.4) is 0 Å². The third-order valence-electron chi connectivity index (χ3n) is 7.82. The van der Waals surface area contributed by atoms with Crippen molar-refractivity contribution >= 4 is 17.8 Å². The van der Waals surface area contributed by atoms with Crippen LogP contribution in [0.1, 0.15) is 52.0 Å². The van der Waals surface area contributed by atoms with E-state index in [9.17, 15) is 14.4 Å². The van der Waals surface area contributed by atoms with Crippen LogP contribution in [0.15, 0.2) is 41.3 Å². The second-order valence-electron chi connectivity index (χ2n) is 11.4. The minimum absolute atomic E-state index is 0.127. The molecule has 2 aliphatic rings. The Morgan fingerprint density at radius 3 is 2.33 bits per heavy atom. The third kappa shape index (κ3) is 7.05. The molecule has 1 aromatic heterocycles. The normalized spacial score (nSPS) is 21.9. The van der Waals surface area contributed by atoms with Gasteiger partial charge >= 0.3 is 11.7 Å². The Balaban J connectivity index is 1.35. The Morgan fingerprint density at radius 1 is 1.07 bits per heavy atom. The molecular formula is C28H43N9O3. The van der Waals surface area contributed by atoms with Crippen molar-refractivity contribution in [3.05, 3.63) is 52.6 Å². The minimum atomic E-state index is -1.02. The van der Waals surface area contributed by atoms with Gasteiger partial charge in [-0.2, -0.15) is 4.98 Å². The van der Waals surface area contributed by atoms with Gasteiger partial charge in [0.25, 0.3) is 0 Å². The largest absolute Gasteiger partial charge is 0.354 e. The predicted octanol–water partition coefficient (Wildman–Crippen LogP) is 1.02. The lowest BCUT2D eigenvalue weighted by atomic mass is 9.90. The average Bonchev–Trinajstić information content (AvgIpc) is 2.92. The number of urea groups is 1. The minimum Gasteiger partial charge on any atom is -0.336 e. The van der Waals surface area contributed by atoms with E-state index in [2.05, 4.69) is 22.1 Å². The predicted molar refractivity (Wildman–Crippen MR) is 155 cm³/mol. The number of hydrogen-bond acceptors (Lipinski definition) is 8. The summed E-state index contributed by atoms with van der Waals surface area (Å²) < 4.78 is 1.43. The molecule has 0 unspecified atom stereocenters. The first-order valence-corrected chi connectivity index (χ1v) is 14.1. The van der Waals surface area contributed by atoms with Crippen molar-refractivity contribution in [3.63, 3.8) is 0 Å². The summed E-state index contributed by atoms with van der Waals surface area (Å²) in [6, 6.07) is 9.85. The molecule has 0 bridgehead atoms.